The second-order valence-electron chi connectivity index (χ2n) is 4.91. The maximum absolute atomic E-state index is 11.6. The summed E-state index contributed by atoms with van der Waals surface area (Å²) >= 11 is 1.19. The Hall–Kier alpha value is -1.54. The van der Waals surface area contributed by atoms with Gasteiger partial charge in [-0.05, 0) is 17.7 Å². The lowest BCUT2D eigenvalue weighted by molar-refractivity contribution is -0.138. The molecule has 1 atom stereocenters. The van der Waals surface area contributed by atoms with Crippen LogP contribution >= 0.6 is 19.4 Å². The summed E-state index contributed by atoms with van der Waals surface area (Å²) in [5, 5.41) is 11.3. The van der Waals surface area contributed by atoms with Crippen molar-refractivity contribution in [2.75, 3.05) is 17.7 Å². The molecule has 1 amide bonds. The zero-order chi connectivity index (χ0) is 18.0. The lowest BCUT2D eigenvalue weighted by atomic mass is 10.2. The summed E-state index contributed by atoms with van der Waals surface area (Å²) in [4.78, 5) is 40.2. The molecule has 134 valence electrons. The number of amides is 1. The van der Waals surface area contributed by atoms with E-state index in [1.54, 1.807) is 24.3 Å². The highest BCUT2D eigenvalue weighted by Gasteiger charge is 2.21. The molecule has 24 heavy (non-hydrogen) atoms. The van der Waals surface area contributed by atoms with Crippen LogP contribution in [0, 0.1) is 0 Å². The van der Waals surface area contributed by atoms with Gasteiger partial charge in [0.15, 0.2) is 0 Å². The van der Waals surface area contributed by atoms with E-state index in [9.17, 15) is 14.2 Å². The van der Waals surface area contributed by atoms with Crippen LogP contribution in [-0.4, -0.2) is 50.7 Å². The zero-order valence-electron chi connectivity index (χ0n) is 12.8. The number of ether oxygens (including phenoxy) is 1. The van der Waals surface area contributed by atoms with Crippen LogP contribution in [0.2, 0.25) is 0 Å². The molecule has 0 aromatic heterocycles. The Kier molecular flexibility index (Phi) is 8.84. The fourth-order valence-corrected chi connectivity index (χ4v) is 3.42. The van der Waals surface area contributed by atoms with Crippen LogP contribution in [0.4, 0.5) is 4.79 Å². The molecule has 0 aliphatic carbocycles. The number of rotatable bonds is 10. The Labute approximate surface area is 143 Å². The molecule has 0 spiro atoms. The van der Waals surface area contributed by atoms with Crippen molar-refractivity contribution in [1.29, 1.82) is 0 Å². The molecular weight excluding hydrogens is 357 g/mol. The number of carbonyl (C=O) groups is 2. The molecule has 0 bridgehead atoms. The third kappa shape index (κ3) is 9.57. The van der Waals surface area contributed by atoms with Crippen LogP contribution in [0.3, 0.4) is 0 Å². The van der Waals surface area contributed by atoms with Crippen molar-refractivity contribution >= 4 is 31.4 Å². The minimum atomic E-state index is -4.03. The molecule has 4 N–H and O–H groups in total. The van der Waals surface area contributed by atoms with Gasteiger partial charge in [-0.2, -0.15) is 11.8 Å². The first kappa shape index (κ1) is 20.5. The summed E-state index contributed by atoms with van der Waals surface area (Å²) < 4.78 is 15.6. The Bertz CT molecular complexity index is 578. The van der Waals surface area contributed by atoms with E-state index in [-0.39, 0.29) is 24.9 Å². The van der Waals surface area contributed by atoms with Crippen LogP contribution < -0.4 is 5.32 Å². The maximum atomic E-state index is 11.6. The first-order valence-electron chi connectivity index (χ1n) is 7.10. The Morgan fingerprint density at radius 1 is 1.25 bits per heavy atom. The van der Waals surface area contributed by atoms with Gasteiger partial charge in [0.1, 0.15) is 12.6 Å². The lowest BCUT2D eigenvalue weighted by Gasteiger charge is -2.14. The van der Waals surface area contributed by atoms with E-state index in [0.717, 1.165) is 5.56 Å². The number of carboxylic acids is 1. The first-order valence-corrected chi connectivity index (χ1v) is 10.1. The van der Waals surface area contributed by atoms with Gasteiger partial charge in [-0.25, -0.2) is 9.59 Å². The Balaban J connectivity index is 2.30. The van der Waals surface area contributed by atoms with Gasteiger partial charge in [-0.1, -0.05) is 30.3 Å². The highest BCUT2D eigenvalue weighted by molar-refractivity contribution is 7.99. The standard InChI is InChI=1S/C14H20NO7PS/c16-13(17)12(10-24-8-4-7-23(19,20)21)15-14(18)22-9-11-5-2-1-3-6-11/h1-3,5-6,12H,4,7-10H2,(H,15,18)(H,16,17)(H2,19,20,21)/t12-/m0/s1. The lowest BCUT2D eigenvalue weighted by Crippen LogP contribution is -2.42. The van der Waals surface area contributed by atoms with Crippen LogP contribution in [-0.2, 0) is 20.7 Å². The fourth-order valence-electron chi connectivity index (χ4n) is 1.66. The molecule has 0 saturated heterocycles. The smallest absolute Gasteiger partial charge is 0.408 e. The third-order valence-corrected chi connectivity index (χ3v) is 4.87. The van der Waals surface area contributed by atoms with Gasteiger partial charge >= 0.3 is 19.7 Å². The van der Waals surface area contributed by atoms with Crippen molar-refractivity contribution in [3.63, 3.8) is 0 Å². The van der Waals surface area contributed by atoms with E-state index >= 15 is 0 Å². The number of nitrogens with one attached hydrogen (secondary N) is 1. The van der Waals surface area contributed by atoms with E-state index < -0.39 is 25.7 Å². The molecule has 0 unspecified atom stereocenters. The molecule has 8 nitrogen and oxygen atoms in total. The predicted molar refractivity (Wildman–Crippen MR) is 90.0 cm³/mol. The van der Waals surface area contributed by atoms with Gasteiger partial charge in [0.25, 0.3) is 0 Å². The van der Waals surface area contributed by atoms with Crippen LogP contribution in [0.5, 0.6) is 0 Å². The molecule has 0 aliphatic rings. The molecule has 0 radical (unpaired) electrons. The summed E-state index contributed by atoms with van der Waals surface area (Å²) in [6.07, 6.45) is -0.814. The quantitative estimate of drug-likeness (QED) is 0.357. The summed E-state index contributed by atoms with van der Waals surface area (Å²) in [5.74, 6) is -0.735. The number of aliphatic carboxylic acids is 1. The van der Waals surface area contributed by atoms with Crippen LogP contribution in [0.25, 0.3) is 0 Å². The summed E-state index contributed by atoms with van der Waals surface area (Å²) in [5.41, 5.74) is 0.784. The molecule has 1 aromatic rings. The number of carboxylic acid groups (broad SMARTS) is 1. The number of hydrogen-bond donors (Lipinski definition) is 4. The van der Waals surface area contributed by atoms with Gasteiger partial charge in [-0.3, -0.25) is 4.57 Å². The van der Waals surface area contributed by atoms with Crippen molar-refractivity contribution in [3.05, 3.63) is 35.9 Å². The highest BCUT2D eigenvalue weighted by atomic mass is 32.2. The molecule has 10 heteroatoms. The third-order valence-electron chi connectivity index (χ3n) is 2.83. The molecule has 1 rings (SSSR count). The highest BCUT2D eigenvalue weighted by Crippen LogP contribution is 2.35. The average Bonchev–Trinajstić information content (AvgIpc) is 2.51. The van der Waals surface area contributed by atoms with Gasteiger partial charge in [0, 0.05) is 5.75 Å². The SMILES string of the molecule is O=C(N[C@@H](CSCCCP(=O)(O)O)C(=O)O)OCc1ccccc1. The minimum absolute atomic E-state index is 0.0362. The van der Waals surface area contributed by atoms with E-state index in [1.807, 2.05) is 6.07 Å². The van der Waals surface area contributed by atoms with Crippen molar-refractivity contribution < 1.29 is 33.8 Å². The first-order chi connectivity index (χ1) is 11.3. The van der Waals surface area contributed by atoms with Crippen LogP contribution in [0.15, 0.2) is 30.3 Å². The monoisotopic (exact) mass is 377 g/mol. The zero-order valence-corrected chi connectivity index (χ0v) is 14.5. The van der Waals surface area contributed by atoms with Crippen molar-refractivity contribution in [3.8, 4) is 0 Å². The Morgan fingerprint density at radius 3 is 2.50 bits per heavy atom. The molecule has 0 aliphatic heterocycles. The number of hydrogen-bond acceptors (Lipinski definition) is 5. The van der Waals surface area contributed by atoms with Crippen molar-refractivity contribution in [1.82, 2.24) is 5.32 Å². The Morgan fingerprint density at radius 2 is 1.92 bits per heavy atom. The molecule has 0 saturated carbocycles. The molecule has 0 fully saturated rings. The van der Waals surface area contributed by atoms with Crippen molar-refractivity contribution in [2.45, 2.75) is 19.1 Å². The summed E-state index contributed by atoms with van der Waals surface area (Å²) in [6.45, 7) is 0.0362. The van der Waals surface area contributed by atoms with Gasteiger partial charge in [-0.15, -0.1) is 0 Å². The second kappa shape index (κ2) is 10.4. The minimum Gasteiger partial charge on any atom is -0.480 e. The summed E-state index contributed by atoms with van der Waals surface area (Å²) in [6, 6.07) is 7.84. The second-order valence-corrected chi connectivity index (χ2v) is 7.84. The average molecular weight is 377 g/mol. The maximum Gasteiger partial charge on any atom is 0.408 e. The largest absolute Gasteiger partial charge is 0.480 e. The molecule has 0 heterocycles. The number of carbonyl (C=O) groups excluding carboxylic acids is 1. The van der Waals surface area contributed by atoms with Crippen LogP contribution in [0.1, 0.15) is 12.0 Å². The van der Waals surface area contributed by atoms with Gasteiger partial charge < -0.3 is 24.9 Å². The predicted octanol–water partition coefficient (Wildman–Crippen LogP) is 1.67. The fraction of sp³-hybridized carbons (Fsp3) is 0.429. The van der Waals surface area contributed by atoms with Crippen molar-refractivity contribution in [2.24, 2.45) is 0 Å². The van der Waals surface area contributed by atoms with E-state index in [0.29, 0.717) is 5.75 Å². The van der Waals surface area contributed by atoms with Gasteiger partial charge in [0.2, 0.25) is 0 Å². The summed E-state index contributed by atoms with van der Waals surface area (Å²) in [7, 11) is -4.03. The van der Waals surface area contributed by atoms with E-state index in [1.165, 1.54) is 11.8 Å². The molecular formula is C14H20NO7PS. The van der Waals surface area contributed by atoms with E-state index in [2.05, 4.69) is 5.32 Å². The topological polar surface area (TPSA) is 133 Å². The van der Waals surface area contributed by atoms with E-state index in [4.69, 9.17) is 19.6 Å². The normalized spacial score (nSPS) is 12.4. The molecule has 1 aromatic carbocycles. The number of thioether (sulfide) groups is 1. The number of alkyl carbamates (subject to hydrolysis) is 1. The number of benzene rings is 1. The van der Waals surface area contributed by atoms with Gasteiger partial charge in [0.05, 0.1) is 6.16 Å².